The second-order valence-electron chi connectivity index (χ2n) is 6.10. The summed E-state index contributed by atoms with van der Waals surface area (Å²) in [4.78, 5) is 14.9. The highest BCUT2D eigenvalue weighted by Crippen LogP contribution is 2.20. The first-order chi connectivity index (χ1) is 9.61. The fraction of sp³-hybridized carbons (Fsp3) is 0.611. The van der Waals surface area contributed by atoms with Crippen LogP contribution < -0.4 is 0 Å². The van der Waals surface area contributed by atoms with E-state index in [9.17, 15) is 4.79 Å². The molecule has 1 atom stereocenters. The standard InChI is InChI=1S/C18H27NO/c1-4-17-8-6-5-7-11-19(17)13-18(20)16-10-9-14(2)15(3)12-16/h9-10,12,17H,4-8,11,13H2,1-3H3. The van der Waals surface area contributed by atoms with E-state index in [4.69, 9.17) is 0 Å². The number of hydrogen-bond acceptors (Lipinski definition) is 2. The van der Waals surface area contributed by atoms with Gasteiger partial charge in [0.05, 0.1) is 6.54 Å². The molecular weight excluding hydrogens is 246 g/mol. The van der Waals surface area contributed by atoms with Crippen molar-refractivity contribution in [3.8, 4) is 0 Å². The van der Waals surface area contributed by atoms with E-state index in [1.54, 1.807) is 0 Å². The molecule has 1 aromatic rings. The molecule has 2 nitrogen and oxygen atoms in total. The van der Waals surface area contributed by atoms with Crippen LogP contribution in [0.3, 0.4) is 0 Å². The second-order valence-corrected chi connectivity index (χ2v) is 6.10. The third-order valence-corrected chi connectivity index (χ3v) is 4.65. The van der Waals surface area contributed by atoms with Crippen molar-refractivity contribution in [3.63, 3.8) is 0 Å². The predicted molar refractivity (Wildman–Crippen MR) is 84.4 cm³/mol. The van der Waals surface area contributed by atoms with Gasteiger partial charge >= 0.3 is 0 Å². The summed E-state index contributed by atoms with van der Waals surface area (Å²) < 4.78 is 0. The van der Waals surface area contributed by atoms with E-state index in [2.05, 4.69) is 31.7 Å². The van der Waals surface area contributed by atoms with E-state index >= 15 is 0 Å². The van der Waals surface area contributed by atoms with Crippen molar-refractivity contribution >= 4 is 5.78 Å². The Morgan fingerprint density at radius 1 is 1.20 bits per heavy atom. The number of hydrogen-bond donors (Lipinski definition) is 0. The number of nitrogens with zero attached hydrogens (tertiary/aromatic N) is 1. The normalized spacial score (nSPS) is 20.6. The molecule has 0 radical (unpaired) electrons. The minimum Gasteiger partial charge on any atom is -0.293 e. The van der Waals surface area contributed by atoms with Crippen molar-refractivity contribution in [1.29, 1.82) is 0 Å². The number of rotatable bonds is 4. The Bertz CT molecular complexity index is 466. The molecule has 0 aromatic heterocycles. The molecule has 1 heterocycles. The van der Waals surface area contributed by atoms with Crippen LogP contribution in [-0.2, 0) is 0 Å². The van der Waals surface area contributed by atoms with Crippen LogP contribution in [-0.4, -0.2) is 29.8 Å². The number of carbonyl (C=O) groups is 1. The van der Waals surface area contributed by atoms with Crippen molar-refractivity contribution in [1.82, 2.24) is 4.90 Å². The second kappa shape index (κ2) is 7.03. The first kappa shape index (κ1) is 15.2. The van der Waals surface area contributed by atoms with Crippen LogP contribution in [0.5, 0.6) is 0 Å². The molecule has 20 heavy (non-hydrogen) atoms. The van der Waals surface area contributed by atoms with Crippen LogP contribution in [0.2, 0.25) is 0 Å². The Labute approximate surface area is 123 Å². The van der Waals surface area contributed by atoms with Gasteiger partial charge in [0, 0.05) is 11.6 Å². The maximum Gasteiger partial charge on any atom is 0.176 e. The van der Waals surface area contributed by atoms with E-state index in [0.717, 1.165) is 18.5 Å². The summed E-state index contributed by atoms with van der Waals surface area (Å²) in [6.07, 6.45) is 6.26. The van der Waals surface area contributed by atoms with Crippen LogP contribution in [0.1, 0.15) is 60.5 Å². The summed E-state index contributed by atoms with van der Waals surface area (Å²) in [6.45, 7) is 8.07. The SMILES string of the molecule is CCC1CCCCCN1CC(=O)c1ccc(C)c(C)c1. The van der Waals surface area contributed by atoms with Gasteiger partial charge in [-0.1, -0.05) is 31.9 Å². The molecular formula is C18H27NO. The molecule has 0 spiro atoms. The van der Waals surface area contributed by atoms with Crippen molar-refractivity contribution in [3.05, 3.63) is 34.9 Å². The van der Waals surface area contributed by atoms with Crippen LogP contribution in [0, 0.1) is 13.8 Å². The molecule has 0 N–H and O–H groups in total. The van der Waals surface area contributed by atoms with E-state index < -0.39 is 0 Å². The van der Waals surface area contributed by atoms with Gasteiger partial charge in [0.1, 0.15) is 0 Å². The smallest absolute Gasteiger partial charge is 0.176 e. The third-order valence-electron chi connectivity index (χ3n) is 4.65. The Morgan fingerprint density at radius 2 is 2.00 bits per heavy atom. The van der Waals surface area contributed by atoms with Crippen LogP contribution in [0.25, 0.3) is 0 Å². The fourth-order valence-electron chi connectivity index (χ4n) is 3.10. The maximum absolute atomic E-state index is 12.5. The molecule has 0 bridgehead atoms. The van der Waals surface area contributed by atoms with Gasteiger partial charge in [0.2, 0.25) is 0 Å². The molecule has 0 saturated carbocycles. The molecule has 1 aliphatic heterocycles. The molecule has 1 saturated heterocycles. The van der Waals surface area contributed by atoms with E-state index in [-0.39, 0.29) is 5.78 Å². The van der Waals surface area contributed by atoms with Gasteiger partial charge in [-0.05, 0) is 56.8 Å². The molecule has 0 amide bonds. The summed E-state index contributed by atoms with van der Waals surface area (Å²) >= 11 is 0. The third kappa shape index (κ3) is 3.69. The Morgan fingerprint density at radius 3 is 2.70 bits per heavy atom. The highest BCUT2D eigenvalue weighted by molar-refractivity contribution is 5.97. The number of aryl methyl sites for hydroxylation is 2. The van der Waals surface area contributed by atoms with Gasteiger partial charge < -0.3 is 0 Å². The van der Waals surface area contributed by atoms with Gasteiger partial charge in [-0.2, -0.15) is 0 Å². The maximum atomic E-state index is 12.5. The zero-order valence-corrected chi connectivity index (χ0v) is 13.1. The lowest BCUT2D eigenvalue weighted by Crippen LogP contribution is -2.38. The zero-order valence-electron chi connectivity index (χ0n) is 13.1. The summed E-state index contributed by atoms with van der Waals surface area (Å²) in [5, 5.41) is 0. The minimum atomic E-state index is 0.272. The molecule has 0 aliphatic carbocycles. The van der Waals surface area contributed by atoms with Crippen molar-refractivity contribution < 1.29 is 4.79 Å². The molecule has 110 valence electrons. The lowest BCUT2D eigenvalue weighted by atomic mass is 10.0. The topological polar surface area (TPSA) is 20.3 Å². The molecule has 1 aromatic carbocycles. The van der Waals surface area contributed by atoms with Gasteiger partial charge in [-0.15, -0.1) is 0 Å². The van der Waals surface area contributed by atoms with Crippen LogP contribution >= 0.6 is 0 Å². The van der Waals surface area contributed by atoms with Crippen molar-refractivity contribution in [2.45, 2.75) is 58.9 Å². The van der Waals surface area contributed by atoms with Gasteiger partial charge in [-0.25, -0.2) is 0 Å². The first-order valence-corrected chi connectivity index (χ1v) is 7.96. The molecule has 2 rings (SSSR count). The molecule has 1 unspecified atom stereocenters. The van der Waals surface area contributed by atoms with E-state index in [1.807, 2.05) is 12.1 Å². The fourth-order valence-corrected chi connectivity index (χ4v) is 3.10. The highest BCUT2D eigenvalue weighted by atomic mass is 16.1. The predicted octanol–water partition coefficient (Wildman–Crippen LogP) is 4.14. The highest BCUT2D eigenvalue weighted by Gasteiger charge is 2.22. The number of benzene rings is 1. The quantitative estimate of drug-likeness (QED) is 0.768. The Balaban J connectivity index is 2.06. The molecule has 1 fully saturated rings. The minimum absolute atomic E-state index is 0.272. The number of Topliss-reactive ketones (excluding diaryl/α,β-unsaturated/α-hetero) is 1. The number of likely N-dealkylation sites (tertiary alicyclic amines) is 1. The lowest BCUT2D eigenvalue weighted by Gasteiger charge is -2.28. The average Bonchev–Trinajstić information content (AvgIpc) is 2.66. The number of ketones is 1. The summed E-state index contributed by atoms with van der Waals surface area (Å²) in [5.41, 5.74) is 3.33. The van der Waals surface area contributed by atoms with Crippen molar-refractivity contribution in [2.24, 2.45) is 0 Å². The van der Waals surface area contributed by atoms with Crippen molar-refractivity contribution in [2.75, 3.05) is 13.1 Å². The van der Waals surface area contributed by atoms with Gasteiger partial charge in [0.15, 0.2) is 5.78 Å². The molecule has 1 aliphatic rings. The van der Waals surface area contributed by atoms with Crippen LogP contribution in [0.15, 0.2) is 18.2 Å². The van der Waals surface area contributed by atoms with Gasteiger partial charge in [-0.3, -0.25) is 9.69 Å². The van der Waals surface area contributed by atoms with Crippen LogP contribution in [0.4, 0.5) is 0 Å². The summed E-state index contributed by atoms with van der Waals surface area (Å²) in [5.74, 6) is 0.272. The van der Waals surface area contributed by atoms with Gasteiger partial charge in [0.25, 0.3) is 0 Å². The Kier molecular flexibility index (Phi) is 5.36. The van der Waals surface area contributed by atoms with E-state index in [1.165, 1.54) is 36.8 Å². The number of carbonyl (C=O) groups excluding carboxylic acids is 1. The first-order valence-electron chi connectivity index (χ1n) is 7.96. The van der Waals surface area contributed by atoms with E-state index in [0.29, 0.717) is 12.6 Å². The summed E-state index contributed by atoms with van der Waals surface area (Å²) in [7, 11) is 0. The average molecular weight is 273 g/mol. The Hall–Kier alpha value is -1.15. The zero-order chi connectivity index (χ0) is 14.5. The monoisotopic (exact) mass is 273 g/mol. The summed E-state index contributed by atoms with van der Waals surface area (Å²) in [6, 6.07) is 6.66. The lowest BCUT2D eigenvalue weighted by molar-refractivity contribution is 0.0890. The molecule has 2 heteroatoms. The largest absolute Gasteiger partial charge is 0.293 e.